The number of carbonyl (C=O) groups excluding carboxylic acids is 1. The van der Waals surface area contributed by atoms with E-state index in [9.17, 15) is 9.90 Å². The third kappa shape index (κ3) is 1.22. The molecule has 0 aromatic heterocycles. The molecule has 2 aliphatic carbocycles. The Balaban J connectivity index is 2.17. The fourth-order valence-corrected chi connectivity index (χ4v) is 3.08. The second-order valence-corrected chi connectivity index (χ2v) is 4.49. The highest BCUT2D eigenvalue weighted by Gasteiger charge is 2.52. The summed E-state index contributed by atoms with van der Waals surface area (Å²) in [7, 11) is 0. The minimum Gasteiger partial charge on any atom is -0.393 e. The van der Waals surface area contributed by atoms with Gasteiger partial charge in [-0.25, -0.2) is 0 Å². The second-order valence-electron chi connectivity index (χ2n) is 4.49. The zero-order chi connectivity index (χ0) is 9.47. The summed E-state index contributed by atoms with van der Waals surface area (Å²) in [5, 5.41) is 19.3. The average molecular weight is 184 g/mol. The molecule has 0 radical (unpaired) electrons. The van der Waals surface area contributed by atoms with Crippen LogP contribution in [0, 0.1) is 17.8 Å². The lowest BCUT2D eigenvalue weighted by Gasteiger charge is -2.40. The molecule has 13 heavy (non-hydrogen) atoms. The molecule has 74 valence electrons. The van der Waals surface area contributed by atoms with Crippen molar-refractivity contribution in [3.63, 3.8) is 0 Å². The number of aliphatic hydroxyl groups is 2. The number of rotatable bonds is 2. The lowest BCUT2D eigenvalue weighted by atomic mass is 9.71. The van der Waals surface area contributed by atoms with E-state index >= 15 is 0 Å². The topological polar surface area (TPSA) is 57.5 Å². The lowest BCUT2D eigenvalue weighted by molar-refractivity contribution is -0.125. The van der Waals surface area contributed by atoms with Gasteiger partial charge in [-0.3, -0.25) is 0 Å². The number of hydrogen-bond acceptors (Lipinski definition) is 3. The first-order valence-corrected chi connectivity index (χ1v) is 4.99. The molecular formula is C10H16O3. The van der Waals surface area contributed by atoms with Crippen molar-refractivity contribution in [1.82, 2.24) is 0 Å². The average Bonchev–Trinajstić information content (AvgIpc) is 2.39. The molecule has 0 heterocycles. The van der Waals surface area contributed by atoms with E-state index in [0.717, 1.165) is 32.0 Å². The lowest BCUT2D eigenvalue weighted by Crippen LogP contribution is -2.48. The second kappa shape index (κ2) is 3.07. The minimum absolute atomic E-state index is 0.115. The maximum absolute atomic E-state index is 10.6. The number of carbonyl (C=O) groups is 1. The quantitative estimate of drug-likeness (QED) is 0.609. The maximum atomic E-state index is 10.6. The van der Waals surface area contributed by atoms with E-state index in [0.29, 0.717) is 0 Å². The summed E-state index contributed by atoms with van der Waals surface area (Å²) in [5.74, 6) is 0.405. The van der Waals surface area contributed by atoms with Gasteiger partial charge >= 0.3 is 0 Å². The van der Waals surface area contributed by atoms with Crippen molar-refractivity contribution in [2.75, 3.05) is 6.61 Å². The molecule has 4 atom stereocenters. The molecule has 0 aromatic carbocycles. The molecule has 0 amide bonds. The van der Waals surface area contributed by atoms with Crippen molar-refractivity contribution in [3.05, 3.63) is 0 Å². The van der Waals surface area contributed by atoms with Gasteiger partial charge in [0.25, 0.3) is 0 Å². The smallest absolute Gasteiger partial charge is 0.123 e. The summed E-state index contributed by atoms with van der Waals surface area (Å²) in [6.45, 7) is -0.145. The number of hydrogen-bond donors (Lipinski definition) is 2. The van der Waals surface area contributed by atoms with Crippen LogP contribution in [0.3, 0.4) is 0 Å². The molecule has 0 aliphatic heterocycles. The SMILES string of the molecule is O=CC1CC2CC[C@@H](C1)C2(O)CO. The standard InChI is InChI=1S/C10H16O3/c11-5-7-3-8-1-2-9(4-7)10(8,13)6-12/h5,7-9,12-13H,1-4,6H2/t7?,8-,9?,10?/m0/s1. The van der Waals surface area contributed by atoms with Gasteiger partial charge in [0.1, 0.15) is 6.29 Å². The molecule has 3 heteroatoms. The molecule has 0 aromatic rings. The molecule has 2 aliphatic rings. The summed E-state index contributed by atoms with van der Waals surface area (Å²) < 4.78 is 0. The molecule has 2 fully saturated rings. The van der Waals surface area contributed by atoms with Gasteiger partial charge in [0.05, 0.1) is 12.2 Å². The molecule has 3 unspecified atom stereocenters. The first-order valence-electron chi connectivity index (χ1n) is 4.99. The van der Waals surface area contributed by atoms with Gasteiger partial charge in [-0.15, -0.1) is 0 Å². The predicted molar refractivity (Wildman–Crippen MR) is 47.0 cm³/mol. The van der Waals surface area contributed by atoms with Crippen molar-refractivity contribution in [2.45, 2.75) is 31.3 Å². The highest BCUT2D eigenvalue weighted by Crippen LogP contribution is 2.50. The fraction of sp³-hybridized carbons (Fsp3) is 0.900. The summed E-state index contributed by atoms with van der Waals surface area (Å²) in [4.78, 5) is 10.6. The fourth-order valence-electron chi connectivity index (χ4n) is 3.08. The molecular weight excluding hydrogens is 168 g/mol. The van der Waals surface area contributed by atoms with Gasteiger partial charge in [-0.1, -0.05) is 0 Å². The number of aldehydes is 1. The van der Waals surface area contributed by atoms with Crippen LogP contribution in [0.4, 0.5) is 0 Å². The van der Waals surface area contributed by atoms with Crippen LogP contribution in [-0.4, -0.2) is 28.7 Å². The summed E-state index contributed by atoms with van der Waals surface area (Å²) in [6.07, 6.45) is 4.45. The van der Waals surface area contributed by atoms with Crippen LogP contribution in [0.15, 0.2) is 0 Å². The first-order chi connectivity index (χ1) is 6.20. The summed E-state index contributed by atoms with van der Waals surface area (Å²) in [6, 6.07) is 0. The van der Waals surface area contributed by atoms with Crippen molar-refractivity contribution < 1.29 is 15.0 Å². The van der Waals surface area contributed by atoms with Gasteiger partial charge in [-0.05, 0) is 37.5 Å². The van der Waals surface area contributed by atoms with E-state index in [2.05, 4.69) is 0 Å². The Bertz CT molecular complexity index is 200. The highest BCUT2D eigenvalue weighted by atomic mass is 16.3. The molecule has 0 saturated heterocycles. The molecule has 0 spiro atoms. The van der Waals surface area contributed by atoms with E-state index < -0.39 is 5.60 Å². The Morgan fingerprint density at radius 3 is 2.23 bits per heavy atom. The largest absolute Gasteiger partial charge is 0.393 e. The van der Waals surface area contributed by atoms with Crippen molar-refractivity contribution >= 4 is 6.29 Å². The zero-order valence-electron chi connectivity index (χ0n) is 7.65. The van der Waals surface area contributed by atoms with Crippen LogP contribution in [0.2, 0.25) is 0 Å². The van der Waals surface area contributed by atoms with Crippen LogP contribution in [0.5, 0.6) is 0 Å². The Kier molecular flexibility index (Phi) is 2.16. The van der Waals surface area contributed by atoms with Gasteiger partial charge in [0.15, 0.2) is 0 Å². The van der Waals surface area contributed by atoms with E-state index in [1.807, 2.05) is 0 Å². The van der Waals surface area contributed by atoms with Crippen LogP contribution in [0.1, 0.15) is 25.7 Å². The normalized spacial score (nSPS) is 49.2. The molecule has 2 rings (SSSR count). The monoisotopic (exact) mass is 184 g/mol. The van der Waals surface area contributed by atoms with Crippen LogP contribution < -0.4 is 0 Å². The summed E-state index contributed by atoms with van der Waals surface area (Å²) >= 11 is 0. The van der Waals surface area contributed by atoms with Crippen LogP contribution in [-0.2, 0) is 4.79 Å². The van der Waals surface area contributed by atoms with E-state index in [1.165, 1.54) is 0 Å². The third-order valence-electron chi connectivity index (χ3n) is 3.90. The van der Waals surface area contributed by atoms with Gasteiger partial charge < -0.3 is 15.0 Å². The zero-order valence-corrected chi connectivity index (χ0v) is 7.65. The van der Waals surface area contributed by atoms with E-state index in [-0.39, 0.29) is 24.4 Å². The first kappa shape index (κ1) is 9.16. The highest BCUT2D eigenvalue weighted by molar-refractivity contribution is 5.54. The van der Waals surface area contributed by atoms with Crippen molar-refractivity contribution in [2.24, 2.45) is 17.8 Å². The van der Waals surface area contributed by atoms with Crippen LogP contribution in [0.25, 0.3) is 0 Å². The molecule has 2 bridgehead atoms. The van der Waals surface area contributed by atoms with Crippen molar-refractivity contribution in [1.29, 1.82) is 0 Å². The third-order valence-corrected chi connectivity index (χ3v) is 3.90. The van der Waals surface area contributed by atoms with Gasteiger partial charge in [0, 0.05) is 5.92 Å². The van der Waals surface area contributed by atoms with E-state index in [4.69, 9.17) is 5.11 Å². The van der Waals surface area contributed by atoms with Crippen LogP contribution >= 0.6 is 0 Å². The molecule has 2 saturated carbocycles. The van der Waals surface area contributed by atoms with E-state index in [1.54, 1.807) is 0 Å². The number of aliphatic hydroxyl groups excluding tert-OH is 1. The van der Waals surface area contributed by atoms with Gasteiger partial charge in [-0.2, -0.15) is 0 Å². The Morgan fingerprint density at radius 1 is 1.31 bits per heavy atom. The molecule has 2 N–H and O–H groups in total. The molecule has 3 nitrogen and oxygen atoms in total. The van der Waals surface area contributed by atoms with Gasteiger partial charge in [0.2, 0.25) is 0 Å². The number of fused-ring (bicyclic) bond motifs is 2. The Labute approximate surface area is 77.8 Å². The predicted octanol–water partition coefficient (Wildman–Crippen LogP) is 0.345. The van der Waals surface area contributed by atoms with Crippen molar-refractivity contribution in [3.8, 4) is 0 Å². The Hall–Kier alpha value is -0.410. The minimum atomic E-state index is -0.875. The maximum Gasteiger partial charge on any atom is 0.123 e. The summed E-state index contributed by atoms with van der Waals surface area (Å²) in [5.41, 5.74) is -0.875. The Morgan fingerprint density at radius 2 is 1.85 bits per heavy atom.